The molecule has 2 amide bonds. The number of H-pyrrole nitrogens is 1. The molecule has 148 valence electrons. The molecule has 0 unspecified atom stereocenters. The van der Waals surface area contributed by atoms with Crippen LogP contribution in [0.3, 0.4) is 0 Å². The predicted octanol–water partition coefficient (Wildman–Crippen LogP) is 3.64. The van der Waals surface area contributed by atoms with Gasteiger partial charge >= 0.3 is 0 Å². The first kappa shape index (κ1) is 18.7. The number of anilines is 1. The standard InChI is InChI=1S/C22H28N4O2/c1-3-4-7-18-13-25(17-8-5-6-15(2)11-17)21(27)14-26(18)22(28)20-12-19(23-24-20)16-9-10-16/h5-6,8,11-12,16,18H,3-4,7,9-10,13-14H2,1-2H3,(H,23,24)/t18-/m0/s1. The summed E-state index contributed by atoms with van der Waals surface area (Å²) in [6, 6.07) is 9.87. The number of hydrogen-bond donors (Lipinski definition) is 1. The number of hydrogen-bond acceptors (Lipinski definition) is 3. The van der Waals surface area contributed by atoms with Crippen LogP contribution in [-0.2, 0) is 4.79 Å². The lowest BCUT2D eigenvalue weighted by Gasteiger charge is -2.41. The molecule has 1 aromatic carbocycles. The smallest absolute Gasteiger partial charge is 0.275 e. The van der Waals surface area contributed by atoms with Crippen molar-refractivity contribution < 1.29 is 9.59 Å². The number of benzene rings is 1. The lowest BCUT2D eigenvalue weighted by molar-refractivity contribution is -0.121. The summed E-state index contributed by atoms with van der Waals surface area (Å²) in [5.74, 6) is 0.343. The van der Waals surface area contributed by atoms with E-state index in [4.69, 9.17) is 0 Å². The molecule has 0 spiro atoms. The number of amides is 2. The molecule has 1 saturated carbocycles. The molecule has 2 aromatic rings. The van der Waals surface area contributed by atoms with Crippen molar-refractivity contribution in [3.05, 3.63) is 47.3 Å². The van der Waals surface area contributed by atoms with Gasteiger partial charge in [-0.25, -0.2) is 0 Å². The number of aromatic amines is 1. The molecule has 1 N–H and O–H groups in total. The van der Waals surface area contributed by atoms with Crippen LogP contribution in [-0.4, -0.2) is 46.0 Å². The predicted molar refractivity (Wildman–Crippen MR) is 108 cm³/mol. The van der Waals surface area contributed by atoms with E-state index in [1.807, 2.05) is 42.2 Å². The maximum Gasteiger partial charge on any atom is 0.275 e. The molecule has 2 fully saturated rings. The summed E-state index contributed by atoms with van der Waals surface area (Å²) >= 11 is 0. The van der Waals surface area contributed by atoms with Gasteiger partial charge in [-0.1, -0.05) is 31.9 Å². The number of rotatable bonds is 6. The monoisotopic (exact) mass is 380 g/mol. The Morgan fingerprint density at radius 2 is 2.11 bits per heavy atom. The zero-order chi connectivity index (χ0) is 19.7. The molecule has 1 aromatic heterocycles. The van der Waals surface area contributed by atoms with E-state index < -0.39 is 0 Å². The lowest BCUT2D eigenvalue weighted by Crippen LogP contribution is -2.58. The minimum absolute atomic E-state index is 0.00624. The van der Waals surface area contributed by atoms with Crippen LogP contribution in [0, 0.1) is 6.92 Å². The highest BCUT2D eigenvalue weighted by Gasteiger charge is 2.37. The summed E-state index contributed by atoms with van der Waals surface area (Å²) in [7, 11) is 0. The highest BCUT2D eigenvalue weighted by atomic mass is 16.2. The topological polar surface area (TPSA) is 69.3 Å². The van der Waals surface area contributed by atoms with Crippen molar-refractivity contribution in [2.75, 3.05) is 18.0 Å². The van der Waals surface area contributed by atoms with Crippen molar-refractivity contribution >= 4 is 17.5 Å². The third kappa shape index (κ3) is 3.81. The van der Waals surface area contributed by atoms with Crippen LogP contribution < -0.4 is 4.90 Å². The highest BCUT2D eigenvalue weighted by molar-refractivity contribution is 6.01. The van der Waals surface area contributed by atoms with Crippen LogP contribution >= 0.6 is 0 Å². The Balaban J connectivity index is 1.55. The summed E-state index contributed by atoms with van der Waals surface area (Å²) in [5, 5.41) is 7.24. The average Bonchev–Trinajstić information content (AvgIpc) is 3.43. The Bertz CT molecular complexity index is 871. The van der Waals surface area contributed by atoms with Crippen LogP contribution in [0.5, 0.6) is 0 Å². The molecule has 2 aliphatic rings. The zero-order valence-electron chi connectivity index (χ0n) is 16.6. The first-order chi connectivity index (χ1) is 13.6. The van der Waals surface area contributed by atoms with Gasteiger partial charge in [0.2, 0.25) is 5.91 Å². The summed E-state index contributed by atoms with van der Waals surface area (Å²) in [6.45, 7) is 4.81. The number of nitrogens with zero attached hydrogens (tertiary/aromatic N) is 3. The number of unbranched alkanes of at least 4 members (excludes halogenated alkanes) is 1. The minimum Gasteiger partial charge on any atom is -0.323 e. The van der Waals surface area contributed by atoms with E-state index in [0.29, 0.717) is 18.2 Å². The van der Waals surface area contributed by atoms with Gasteiger partial charge in [-0.3, -0.25) is 14.7 Å². The summed E-state index contributed by atoms with van der Waals surface area (Å²) in [5.41, 5.74) is 3.51. The summed E-state index contributed by atoms with van der Waals surface area (Å²) < 4.78 is 0. The molecular weight excluding hydrogens is 352 g/mol. The Morgan fingerprint density at radius 3 is 2.82 bits per heavy atom. The minimum atomic E-state index is -0.138. The maximum absolute atomic E-state index is 13.1. The van der Waals surface area contributed by atoms with Crippen LogP contribution in [0.1, 0.15) is 66.7 Å². The number of aromatic nitrogens is 2. The normalized spacial score (nSPS) is 19.9. The third-order valence-electron chi connectivity index (χ3n) is 5.74. The highest BCUT2D eigenvalue weighted by Crippen LogP contribution is 2.39. The van der Waals surface area contributed by atoms with Crippen LogP contribution in [0.25, 0.3) is 0 Å². The molecule has 0 bridgehead atoms. The number of aryl methyl sites for hydroxylation is 1. The first-order valence-electron chi connectivity index (χ1n) is 10.3. The van der Waals surface area contributed by atoms with E-state index in [0.717, 1.165) is 49.0 Å². The maximum atomic E-state index is 13.1. The largest absolute Gasteiger partial charge is 0.323 e. The van der Waals surface area contributed by atoms with Gasteiger partial charge in [0, 0.05) is 23.8 Å². The fourth-order valence-corrected chi connectivity index (χ4v) is 3.94. The Morgan fingerprint density at radius 1 is 1.29 bits per heavy atom. The fraction of sp³-hybridized carbons (Fsp3) is 0.500. The van der Waals surface area contributed by atoms with Gasteiger partial charge in [-0.15, -0.1) is 0 Å². The van der Waals surface area contributed by atoms with Crippen molar-refractivity contribution in [2.24, 2.45) is 0 Å². The third-order valence-corrected chi connectivity index (χ3v) is 5.74. The second-order valence-electron chi connectivity index (χ2n) is 8.06. The number of nitrogens with one attached hydrogen (secondary N) is 1. The van der Waals surface area contributed by atoms with Gasteiger partial charge in [0.1, 0.15) is 12.2 Å². The molecule has 6 heteroatoms. The Hall–Kier alpha value is -2.63. The molecule has 4 rings (SSSR count). The van der Waals surface area contributed by atoms with Gasteiger partial charge in [0.05, 0.1) is 6.04 Å². The van der Waals surface area contributed by atoms with E-state index in [-0.39, 0.29) is 24.4 Å². The fourth-order valence-electron chi connectivity index (χ4n) is 3.94. The quantitative estimate of drug-likeness (QED) is 0.832. The van der Waals surface area contributed by atoms with Crippen molar-refractivity contribution in [3.63, 3.8) is 0 Å². The van der Waals surface area contributed by atoms with Crippen LogP contribution in [0.15, 0.2) is 30.3 Å². The zero-order valence-corrected chi connectivity index (χ0v) is 16.6. The summed E-state index contributed by atoms with van der Waals surface area (Å²) in [6.07, 6.45) is 5.28. The Kier molecular flexibility index (Phi) is 5.20. The molecule has 6 nitrogen and oxygen atoms in total. The van der Waals surface area contributed by atoms with Gasteiger partial charge in [0.25, 0.3) is 5.91 Å². The molecule has 1 aliphatic heterocycles. The van der Waals surface area contributed by atoms with Crippen molar-refractivity contribution in [2.45, 2.75) is 57.9 Å². The molecular formula is C22H28N4O2. The van der Waals surface area contributed by atoms with Crippen molar-refractivity contribution in [3.8, 4) is 0 Å². The Labute approximate surface area is 165 Å². The van der Waals surface area contributed by atoms with E-state index in [2.05, 4.69) is 17.1 Å². The number of carbonyl (C=O) groups is 2. The molecule has 2 heterocycles. The van der Waals surface area contributed by atoms with Gasteiger partial charge in [-0.05, 0) is 49.9 Å². The lowest BCUT2D eigenvalue weighted by atomic mass is 10.0. The van der Waals surface area contributed by atoms with Crippen molar-refractivity contribution in [1.29, 1.82) is 0 Å². The van der Waals surface area contributed by atoms with E-state index >= 15 is 0 Å². The van der Waals surface area contributed by atoms with Gasteiger partial charge in [-0.2, -0.15) is 5.10 Å². The molecule has 28 heavy (non-hydrogen) atoms. The molecule has 1 aliphatic carbocycles. The second kappa shape index (κ2) is 7.78. The summed E-state index contributed by atoms with van der Waals surface area (Å²) in [4.78, 5) is 29.6. The van der Waals surface area contributed by atoms with E-state index in [1.165, 1.54) is 0 Å². The SMILES string of the molecule is CCCC[C@H]1CN(c2cccc(C)c2)C(=O)CN1C(=O)c1cc(C2CC2)[nH]n1. The molecule has 1 atom stereocenters. The van der Waals surface area contributed by atoms with Gasteiger partial charge in [0.15, 0.2) is 0 Å². The van der Waals surface area contributed by atoms with E-state index in [9.17, 15) is 9.59 Å². The second-order valence-corrected chi connectivity index (χ2v) is 8.06. The van der Waals surface area contributed by atoms with Crippen LogP contribution in [0.2, 0.25) is 0 Å². The number of carbonyl (C=O) groups excluding carboxylic acids is 2. The van der Waals surface area contributed by atoms with Crippen molar-refractivity contribution in [1.82, 2.24) is 15.1 Å². The molecule has 1 saturated heterocycles. The molecule has 0 radical (unpaired) electrons. The average molecular weight is 380 g/mol. The number of piperazine rings is 1. The van der Waals surface area contributed by atoms with Gasteiger partial charge < -0.3 is 9.80 Å². The van der Waals surface area contributed by atoms with E-state index in [1.54, 1.807) is 4.90 Å². The first-order valence-corrected chi connectivity index (χ1v) is 10.3. The van der Waals surface area contributed by atoms with Crippen LogP contribution in [0.4, 0.5) is 5.69 Å².